The Kier molecular flexibility index (Phi) is 14.1. The van der Waals surface area contributed by atoms with Crippen LogP contribution >= 0.6 is 0 Å². The number of carbonyl (C=O) groups is 1. The van der Waals surface area contributed by atoms with Gasteiger partial charge in [-0.05, 0) is 67.7 Å². The molecule has 2 rings (SSSR count). The van der Waals surface area contributed by atoms with Crippen LogP contribution in [-0.4, -0.2) is 32.2 Å². The third-order valence-corrected chi connectivity index (χ3v) is 5.74. The van der Waals surface area contributed by atoms with Crippen LogP contribution in [0.25, 0.3) is 5.76 Å². The molecule has 204 valence electrons. The standard InChI is InChI=1S/C31H44O6/c1-5-9-17-34-28-15-13-24(21-30(28)36-19-11-7-3)26(32)23-27(33)25-14-16-29(35-18-10-6-2)31(22-25)37-20-12-8-4/h13-16,21-23,32H,5-12,17-20H2,1-4H3/p-1/b26-23-. The van der Waals surface area contributed by atoms with Crippen LogP contribution in [0.5, 0.6) is 23.0 Å². The van der Waals surface area contributed by atoms with Crippen molar-refractivity contribution in [1.82, 2.24) is 0 Å². The Labute approximate surface area is 222 Å². The molecule has 0 heterocycles. The van der Waals surface area contributed by atoms with Gasteiger partial charge in [-0.15, -0.1) is 0 Å². The number of allylic oxidation sites excluding steroid dienone is 1. The number of benzene rings is 2. The van der Waals surface area contributed by atoms with Crippen LogP contribution in [0.3, 0.4) is 0 Å². The fraction of sp³-hybridized carbons (Fsp3) is 0.516. The normalized spacial score (nSPS) is 11.3. The molecule has 6 nitrogen and oxygen atoms in total. The zero-order valence-corrected chi connectivity index (χ0v) is 23.0. The lowest BCUT2D eigenvalue weighted by molar-refractivity contribution is -0.243. The summed E-state index contributed by atoms with van der Waals surface area (Å²) < 4.78 is 23.5. The van der Waals surface area contributed by atoms with E-state index in [1.807, 2.05) is 0 Å². The number of ketones is 1. The minimum atomic E-state index is -0.387. The fourth-order valence-corrected chi connectivity index (χ4v) is 3.38. The zero-order chi connectivity index (χ0) is 26.9. The molecule has 0 fully saturated rings. The Morgan fingerprint density at radius 2 is 1.00 bits per heavy atom. The van der Waals surface area contributed by atoms with Crippen LogP contribution in [-0.2, 0) is 0 Å². The molecule has 6 heteroatoms. The quantitative estimate of drug-likeness (QED) is 0.0876. The minimum Gasteiger partial charge on any atom is -0.872 e. The molecule has 0 aliphatic rings. The predicted octanol–water partition coefficient (Wildman–Crippen LogP) is 6.99. The molecule has 0 aliphatic heterocycles. The van der Waals surface area contributed by atoms with Gasteiger partial charge in [-0.25, -0.2) is 0 Å². The van der Waals surface area contributed by atoms with Crippen molar-refractivity contribution in [1.29, 1.82) is 0 Å². The van der Waals surface area contributed by atoms with Gasteiger partial charge in [-0.1, -0.05) is 65.2 Å². The van der Waals surface area contributed by atoms with Crippen LogP contribution in [0.1, 0.15) is 95.0 Å². The van der Waals surface area contributed by atoms with Crippen LogP contribution in [0, 0.1) is 0 Å². The van der Waals surface area contributed by atoms with Crippen molar-refractivity contribution in [3.8, 4) is 23.0 Å². The molecule has 2 aromatic rings. The highest BCUT2D eigenvalue weighted by Crippen LogP contribution is 2.32. The summed E-state index contributed by atoms with van der Waals surface area (Å²) in [4.78, 5) is 13.0. The molecule has 2 aromatic carbocycles. The SMILES string of the molecule is CCCCOc1ccc(C(=O)/C=C(\[O-])c2ccc(OCCCC)c(OCCCC)c2)cc1OCCCC. The molecule has 37 heavy (non-hydrogen) atoms. The third kappa shape index (κ3) is 10.4. The Bertz CT molecular complexity index is 982. The number of hydrogen-bond acceptors (Lipinski definition) is 6. The molecule has 0 bridgehead atoms. The van der Waals surface area contributed by atoms with Gasteiger partial charge in [0, 0.05) is 5.56 Å². The van der Waals surface area contributed by atoms with Crippen molar-refractivity contribution >= 4 is 11.5 Å². The van der Waals surface area contributed by atoms with E-state index in [4.69, 9.17) is 18.9 Å². The first-order valence-electron chi connectivity index (χ1n) is 13.8. The smallest absolute Gasteiger partial charge is 0.185 e. The van der Waals surface area contributed by atoms with Crippen molar-refractivity contribution in [2.75, 3.05) is 26.4 Å². The van der Waals surface area contributed by atoms with Gasteiger partial charge in [0.15, 0.2) is 28.8 Å². The van der Waals surface area contributed by atoms with Crippen LogP contribution in [0.4, 0.5) is 0 Å². The first-order chi connectivity index (χ1) is 18.0. The van der Waals surface area contributed by atoms with E-state index in [9.17, 15) is 9.90 Å². The lowest BCUT2D eigenvalue weighted by Gasteiger charge is -2.17. The number of carbonyl (C=O) groups excluding carboxylic acids is 1. The average molecular weight is 512 g/mol. The molecule has 0 radical (unpaired) electrons. The Hall–Kier alpha value is -3.15. The van der Waals surface area contributed by atoms with E-state index in [1.54, 1.807) is 36.4 Å². The first kappa shape index (κ1) is 30.1. The largest absolute Gasteiger partial charge is 0.872 e. The van der Waals surface area contributed by atoms with Gasteiger partial charge in [0.1, 0.15) is 0 Å². The molecule has 0 atom stereocenters. The molecule has 0 spiro atoms. The van der Waals surface area contributed by atoms with Crippen LogP contribution in [0.2, 0.25) is 0 Å². The van der Waals surface area contributed by atoms with E-state index < -0.39 is 0 Å². The molecule has 0 amide bonds. The van der Waals surface area contributed by atoms with Crippen molar-refractivity contribution in [2.24, 2.45) is 0 Å². The Balaban J connectivity index is 2.24. The summed E-state index contributed by atoms with van der Waals surface area (Å²) in [5.74, 6) is 1.50. The zero-order valence-electron chi connectivity index (χ0n) is 23.0. The molecular weight excluding hydrogens is 468 g/mol. The molecule has 0 aliphatic carbocycles. The summed E-state index contributed by atoms with van der Waals surface area (Å²) in [6.07, 6.45) is 8.84. The highest BCUT2D eigenvalue weighted by atomic mass is 16.5. The number of ether oxygens (including phenoxy) is 4. The Morgan fingerprint density at radius 3 is 1.43 bits per heavy atom. The van der Waals surface area contributed by atoms with Crippen LogP contribution < -0.4 is 24.1 Å². The van der Waals surface area contributed by atoms with E-state index in [0.717, 1.165) is 57.4 Å². The molecule has 0 N–H and O–H groups in total. The van der Waals surface area contributed by atoms with Gasteiger partial charge in [0.05, 0.1) is 26.4 Å². The van der Waals surface area contributed by atoms with Crippen molar-refractivity contribution in [3.05, 3.63) is 53.6 Å². The van der Waals surface area contributed by atoms with Gasteiger partial charge in [-0.3, -0.25) is 4.79 Å². The minimum absolute atomic E-state index is 0.377. The highest BCUT2D eigenvalue weighted by Gasteiger charge is 2.12. The molecule has 0 saturated heterocycles. The highest BCUT2D eigenvalue weighted by molar-refractivity contribution is 6.08. The topological polar surface area (TPSA) is 77.1 Å². The summed E-state index contributed by atoms with van der Waals surface area (Å²) in [5.41, 5.74) is 0.753. The van der Waals surface area contributed by atoms with Gasteiger partial charge in [0.25, 0.3) is 0 Å². The third-order valence-electron chi connectivity index (χ3n) is 5.74. The second-order valence-corrected chi connectivity index (χ2v) is 9.00. The van der Waals surface area contributed by atoms with E-state index in [-0.39, 0.29) is 11.5 Å². The molecule has 0 unspecified atom stereocenters. The van der Waals surface area contributed by atoms with E-state index in [2.05, 4.69) is 27.7 Å². The van der Waals surface area contributed by atoms with E-state index in [0.29, 0.717) is 60.6 Å². The summed E-state index contributed by atoms with van der Waals surface area (Å²) >= 11 is 0. The van der Waals surface area contributed by atoms with Gasteiger partial charge < -0.3 is 24.1 Å². The van der Waals surface area contributed by atoms with E-state index >= 15 is 0 Å². The summed E-state index contributed by atoms with van der Waals surface area (Å²) in [7, 11) is 0. The monoisotopic (exact) mass is 511 g/mol. The number of hydrogen-bond donors (Lipinski definition) is 0. The first-order valence-corrected chi connectivity index (χ1v) is 13.8. The summed E-state index contributed by atoms with van der Waals surface area (Å²) in [6, 6.07) is 10.1. The van der Waals surface area contributed by atoms with Gasteiger partial charge in [-0.2, -0.15) is 0 Å². The second kappa shape index (κ2) is 17.3. The van der Waals surface area contributed by atoms with Gasteiger partial charge in [0.2, 0.25) is 0 Å². The maximum atomic E-state index is 13.0. The van der Waals surface area contributed by atoms with Crippen molar-refractivity contribution in [2.45, 2.75) is 79.1 Å². The van der Waals surface area contributed by atoms with Gasteiger partial charge >= 0.3 is 0 Å². The average Bonchev–Trinajstić information content (AvgIpc) is 2.90. The number of unbranched alkanes of at least 4 members (excludes halogenated alkanes) is 4. The van der Waals surface area contributed by atoms with Crippen molar-refractivity contribution in [3.63, 3.8) is 0 Å². The maximum Gasteiger partial charge on any atom is 0.185 e. The Morgan fingerprint density at radius 1 is 0.622 bits per heavy atom. The summed E-state index contributed by atoms with van der Waals surface area (Å²) in [5, 5.41) is 13.0. The predicted molar refractivity (Wildman–Crippen MR) is 147 cm³/mol. The van der Waals surface area contributed by atoms with Crippen molar-refractivity contribution < 1.29 is 28.8 Å². The molecule has 0 aromatic heterocycles. The maximum absolute atomic E-state index is 13.0. The lowest BCUT2D eigenvalue weighted by Crippen LogP contribution is -2.08. The van der Waals surface area contributed by atoms with E-state index in [1.165, 1.54) is 0 Å². The lowest BCUT2D eigenvalue weighted by atomic mass is 10.1. The summed E-state index contributed by atoms with van der Waals surface area (Å²) in [6.45, 7) is 10.6. The fourth-order valence-electron chi connectivity index (χ4n) is 3.38. The van der Waals surface area contributed by atoms with Crippen LogP contribution in [0.15, 0.2) is 42.5 Å². The number of rotatable bonds is 19. The second-order valence-electron chi connectivity index (χ2n) is 9.00. The molecule has 0 saturated carbocycles. The molecular formula is C31H43O6-.